The normalized spacial score (nSPS) is 14.5. The summed E-state index contributed by atoms with van der Waals surface area (Å²) in [5.41, 5.74) is 8.74. The Kier molecular flexibility index (Phi) is 4.77. The van der Waals surface area contributed by atoms with Crippen LogP contribution in [0.3, 0.4) is 0 Å². The first-order valence-electron chi connectivity index (χ1n) is 11.5. The Morgan fingerprint density at radius 1 is 0.529 bits per heavy atom. The zero-order valence-electron chi connectivity index (χ0n) is 19.2. The third-order valence-corrected chi connectivity index (χ3v) is 6.99. The first-order chi connectivity index (χ1) is 16.6. The fourth-order valence-electron chi connectivity index (χ4n) is 5.36. The summed E-state index contributed by atoms with van der Waals surface area (Å²) in [6.07, 6.45) is 0. The van der Waals surface area contributed by atoms with Crippen molar-refractivity contribution in [1.82, 2.24) is 10.6 Å². The van der Waals surface area contributed by atoms with Gasteiger partial charge in [0.05, 0.1) is 12.1 Å². The molecule has 5 heteroatoms. The molecule has 2 aliphatic rings. The van der Waals surface area contributed by atoms with E-state index in [0.717, 1.165) is 45.0 Å². The maximum absolute atomic E-state index is 13.5. The number of benzene rings is 4. The highest BCUT2D eigenvalue weighted by atomic mass is 16.2. The van der Waals surface area contributed by atoms with Gasteiger partial charge in [-0.1, -0.05) is 72.8 Å². The van der Waals surface area contributed by atoms with E-state index < -0.39 is 0 Å². The molecule has 34 heavy (non-hydrogen) atoms. The van der Waals surface area contributed by atoms with E-state index in [1.54, 1.807) is 0 Å². The van der Waals surface area contributed by atoms with Crippen molar-refractivity contribution in [1.29, 1.82) is 0 Å². The number of urea groups is 1. The zero-order chi connectivity index (χ0) is 23.2. The van der Waals surface area contributed by atoms with Crippen LogP contribution in [0.15, 0.2) is 97.1 Å². The lowest BCUT2D eigenvalue weighted by atomic mass is 9.90. The lowest BCUT2D eigenvalue weighted by Gasteiger charge is -2.37. The molecule has 0 spiro atoms. The standard InChI is InChI=1S/C29H26N4O/c1-32-23-15-7-3-11-19(23)27(20-12-4-8-16-24(20)32)30-29(34)31-28-21-13-5-9-17-25(21)33(2)26-18-10-6-14-22(26)28/h3-18,27-28H,1-2H3,(H2,30,31,34). The first-order valence-corrected chi connectivity index (χ1v) is 11.5. The maximum atomic E-state index is 13.5. The van der Waals surface area contributed by atoms with Crippen LogP contribution in [0.4, 0.5) is 27.5 Å². The molecule has 168 valence electrons. The number of carbonyl (C=O) groups excluding carboxylic acids is 1. The molecule has 2 aliphatic heterocycles. The summed E-state index contributed by atoms with van der Waals surface area (Å²) in [5, 5.41) is 6.56. The number of amides is 2. The van der Waals surface area contributed by atoms with Crippen LogP contribution >= 0.6 is 0 Å². The second-order valence-corrected chi connectivity index (χ2v) is 8.84. The van der Waals surface area contributed by atoms with E-state index in [2.05, 4.69) is 83.1 Å². The maximum Gasteiger partial charge on any atom is 0.316 e. The summed E-state index contributed by atoms with van der Waals surface area (Å²) in [4.78, 5) is 17.9. The minimum Gasteiger partial charge on any atom is -0.344 e. The van der Waals surface area contributed by atoms with Gasteiger partial charge in [0.2, 0.25) is 0 Å². The zero-order valence-corrected chi connectivity index (χ0v) is 19.2. The number of hydrogen-bond acceptors (Lipinski definition) is 3. The van der Waals surface area contributed by atoms with Crippen LogP contribution in [-0.4, -0.2) is 20.1 Å². The Balaban J connectivity index is 1.36. The molecule has 0 radical (unpaired) electrons. The number of anilines is 4. The molecule has 0 aromatic heterocycles. The summed E-state index contributed by atoms with van der Waals surface area (Å²) in [6.45, 7) is 0. The minimum atomic E-state index is -0.236. The molecule has 2 N–H and O–H groups in total. The van der Waals surface area contributed by atoms with Gasteiger partial charge in [0, 0.05) is 59.1 Å². The molecule has 0 bridgehead atoms. The van der Waals surface area contributed by atoms with Crippen LogP contribution in [0.1, 0.15) is 34.3 Å². The van der Waals surface area contributed by atoms with Gasteiger partial charge in [-0.3, -0.25) is 0 Å². The fraction of sp³-hybridized carbons (Fsp3) is 0.138. The highest BCUT2D eigenvalue weighted by Gasteiger charge is 2.32. The summed E-state index contributed by atoms with van der Waals surface area (Å²) < 4.78 is 0. The first kappa shape index (κ1) is 20.4. The highest BCUT2D eigenvalue weighted by molar-refractivity contribution is 5.83. The Hall–Kier alpha value is -4.25. The van der Waals surface area contributed by atoms with Crippen LogP contribution in [0, 0.1) is 0 Å². The lowest BCUT2D eigenvalue weighted by Crippen LogP contribution is -2.43. The Labute approximate surface area is 199 Å². The molecule has 6 rings (SSSR count). The van der Waals surface area contributed by atoms with Gasteiger partial charge in [0.25, 0.3) is 0 Å². The Morgan fingerprint density at radius 2 is 0.794 bits per heavy atom. The van der Waals surface area contributed by atoms with Crippen LogP contribution < -0.4 is 20.4 Å². The van der Waals surface area contributed by atoms with Crippen LogP contribution in [0.2, 0.25) is 0 Å². The monoisotopic (exact) mass is 446 g/mol. The van der Waals surface area contributed by atoms with Crippen molar-refractivity contribution in [3.05, 3.63) is 119 Å². The van der Waals surface area contributed by atoms with Gasteiger partial charge in [-0.05, 0) is 24.3 Å². The van der Waals surface area contributed by atoms with E-state index in [-0.39, 0.29) is 18.1 Å². The molecule has 0 saturated heterocycles. The summed E-state index contributed by atoms with van der Waals surface area (Å²) in [5.74, 6) is 0. The average Bonchev–Trinajstić information content (AvgIpc) is 2.89. The molecule has 2 heterocycles. The molecule has 2 amide bonds. The Bertz CT molecular complexity index is 1200. The SMILES string of the molecule is CN1c2ccccc2C(NC(=O)NC2c3ccccc3N(C)c3ccccc32)c2ccccc21. The van der Waals surface area contributed by atoms with Crippen molar-refractivity contribution in [3.8, 4) is 0 Å². The van der Waals surface area contributed by atoms with Crippen molar-refractivity contribution in [2.24, 2.45) is 0 Å². The molecule has 0 aliphatic carbocycles. The van der Waals surface area contributed by atoms with E-state index in [4.69, 9.17) is 0 Å². The summed E-state index contributed by atoms with van der Waals surface area (Å²) >= 11 is 0. The van der Waals surface area contributed by atoms with E-state index in [0.29, 0.717) is 0 Å². The summed E-state index contributed by atoms with van der Waals surface area (Å²) in [6, 6.07) is 32.3. The van der Waals surface area contributed by atoms with Crippen molar-refractivity contribution in [2.75, 3.05) is 23.9 Å². The van der Waals surface area contributed by atoms with Crippen LogP contribution in [0.5, 0.6) is 0 Å². The molecule has 0 atom stereocenters. The number of nitrogens with one attached hydrogen (secondary N) is 2. The highest BCUT2D eigenvalue weighted by Crippen LogP contribution is 2.45. The molecule has 5 nitrogen and oxygen atoms in total. The quantitative estimate of drug-likeness (QED) is 0.395. The van der Waals surface area contributed by atoms with E-state index in [9.17, 15) is 4.79 Å². The molecule has 0 fully saturated rings. The van der Waals surface area contributed by atoms with Gasteiger partial charge in [0.1, 0.15) is 0 Å². The van der Waals surface area contributed by atoms with E-state index >= 15 is 0 Å². The molecule has 0 unspecified atom stereocenters. The van der Waals surface area contributed by atoms with Crippen molar-refractivity contribution < 1.29 is 4.79 Å². The van der Waals surface area contributed by atoms with Crippen molar-refractivity contribution >= 4 is 28.8 Å². The molecular weight excluding hydrogens is 420 g/mol. The predicted molar refractivity (Wildman–Crippen MR) is 137 cm³/mol. The third-order valence-electron chi connectivity index (χ3n) is 6.99. The molecular formula is C29H26N4O. The van der Waals surface area contributed by atoms with Crippen molar-refractivity contribution in [2.45, 2.75) is 12.1 Å². The number of para-hydroxylation sites is 4. The second kappa shape index (κ2) is 7.96. The average molecular weight is 447 g/mol. The number of fused-ring (bicyclic) bond motifs is 4. The van der Waals surface area contributed by atoms with Gasteiger partial charge < -0.3 is 20.4 Å². The van der Waals surface area contributed by atoms with Gasteiger partial charge in [0.15, 0.2) is 0 Å². The molecule has 0 saturated carbocycles. The van der Waals surface area contributed by atoms with Crippen LogP contribution in [0.25, 0.3) is 0 Å². The number of nitrogens with zero attached hydrogens (tertiary/aromatic N) is 2. The fourth-order valence-corrected chi connectivity index (χ4v) is 5.36. The summed E-state index contributed by atoms with van der Waals surface area (Å²) in [7, 11) is 4.14. The molecule has 4 aromatic rings. The topological polar surface area (TPSA) is 47.6 Å². The van der Waals surface area contributed by atoms with Gasteiger partial charge in [-0.25, -0.2) is 4.79 Å². The predicted octanol–water partition coefficient (Wildman–Crippen LogP) is 6.03. The molecule has 4 aromatic carbocycles. The van der Waals surface area contributed by atoms with Gasteiger partial charge in [-0.15, -0.1) is 0 Å². The lowest BCUT2D eigenvalue weighted by molar-refractivity contribution is 0.236. The van der Waals surface area contributed by atoms with Crippen LogP contribution in [-0.2, 0) is 0 Å². The van der Waals surface area contributed by atoms with Gasteiger partial charge >= 0.3 is 6.03 Å². The third kappa shape index (κ3) is 3.12. The second-order valence-electron chi connectivity index (χ2n) is 8.84. The van der Waals surface area contributed by atoms with Gasteiger partial charge in [-0.2, -0.15) is 0 Å². The number of hydrogen-bond donors (Lipinski definition) is 2. The Morgan fingerprint density at radius 3 is 1.09 bits per heavy atom. The van der Waals surface area contributed by atoms with Crippen molar-refractivity contribution in [3.63, 3.8) is 0 Å². The number of rotatable bonds is 2. The van der Waals surface area contributed by atoms with E-state index in [1.807, 2.05) is 48.5 Å². The van der Waals surface area contributed by atoms with E-state index in [1.165, 1.54) is 0 Å². The minimum absolute atomic E-state index is 0.196. The largest absolute Gasteiger partial charge is 0.344 e. The smallest absolute Gasteiger partial charge is 0.316 e. The number of carbonyl (C=O) groups is 1.